The second-order valence-electron chi connectivity index (χ2n) is 3.94. The molecule has 0 atom stereocenters. The Morgan fingerprint density at radius 2 is 2.05 bits per heavy atom. The van der Waals surface area contributed by atoms with E-state index in [4.69, 9.17) is 5.11 Å². The van der Waals surface area contributed by atoms with E-state index in [2.05, 4.69) is 4.98 Å². The molecule has 2 rings (SSSR count). The van der Waals surface area contributed by atoms with Gasteiger partial charge in [-0.05, 0) is 6.07 Å². The summed E-state index contributed by atoms with van der Waals surface area (Å²) >= 11 is 0. The summed E-state index contributed by atoms with van der Waals surface area (Å²) in [5, 5.41) is 19.8. The van der Waals surface area contributed by atoms with Crippen molar-refractivity contribution >= 4 is 28.3 Å². The van der Waals surface area contributed by atoms with E-state index in [9.17, 15) is 19.1 Å². The van der Waals surface area contributed by atoms with Crippen molar-refractivity contribution in [3.05, 3.63) is 27.9 Å². The summed E-state index contributed by atoms with van der Waals surface area (Å²) in [6, 6.07) is 2.24. The zero-order valence-electron chi connectivity index (χ0n) is 9.81. The second kappa shape index (κ2) is 5.31. The van der Waals surface area contributed by atoms with Crippen molar-refractivity contribution in [2.75, 3.05) is 29.5 Å². The van der Waals surface area contributed by atoms with Crippen molar-refractivity contribution in [2.45, 2.75) is 0 Å². The van der Waals surface area contributed by atoms with Crippen LogP contribution in [-0.4, -0.2) is 49.8 Å². The second-order valence-corrected chi connectivity index (χ2v) is 5.63. The zero-order chi connectivity index (χ0) is 14.0. The SMILES string of the molecule is O=C(O)c1ccc([N+](=O)[O-])c(N2CCS(=O)CC2)n1. The number of aromatic carboxylic acids is 1. The smallest absolute Gasteiger partial charge is 0.354 e. The molecule has 1 aromatic heterocycles. The van der Waals surface area contributed by atoms with Crippen LogP contribution in [0.1, 0.15) is 10.5 Å². The predicted molar refractivity (Wildman–Crippen MR) is 67.9 cm³/mol. The summed E-state index contributed by atoms with van der Waals surface area (Å²) in [7, 11) is -0.922. The van der Waals surface area contributed by atoms with Crippen molar-refractivity contribution < 1.29 is 19.0 Å². The van der Waals surface area contributed by atoms with Crippen LogP contribution in [0.3, 0.4) is 0 Å². The van der Waals surface area contributed by atoms with E-state index >= 15 is 0 Å². The molecule has 0 aromatic carbocycles. The molecule has 0 unspecified atom stereocenters. The quantitative estimate of drug-likeness (QED) is 0.625. The number of nitro groups is 1. The fraction of sp³-hybridized carbons (Fsp3) is 0.400. The van der Waals surface area contributed by atoms with Gasteiger partial charge in [0.15, 0.2) is 5.69 Å². The highest BCUT2D eigenvalue weighted by molar-refractivity contribution is 7.85. The highest BCUT2D eigenvalue weighted by Gasteiger charge is 2.26. The van der Waals surface area contributed by atoms with E-state index in [1.54, 1.807) is 4.90 Å². The van der Waals surface area contributed by atoms with Crippen molar-refractivity contribution in [3.8, 4) is 0 Å². The number of carboxylic acid groups (broad SMARTS) is 1. The number of nitrogens with zero attached hydrogens (tertiary/aromatic N) is 3. The van der Waals surface area contributed by atoms with Gasteiger partial charge >= 0.3 is 11.7 Å². The monoisotopic (exact) mass is 285 g/mol. The van der Waals surface area contributed by atoms with Crippen LogP contribution in [0.25, 0.3) is 0 Å². The van der Waals surface area contributed by atoms with Crippen molar-refractivity contribution in [3.63, 3.8) is 0 Å². The van der Waals surface area contributed by atoms with Crippen molar-refractivity contribution in [1.82, 2.24) is 4.98 Å². The lowest BCUT2D eigenvalue weighted by molar-refractivity contribution is -0.384. The average Bonchev–Trinajstić information content (AvgIpc) is 2.38. The summed E-state index contributed by atoms with van der Waals surface area (Å²) < 4.78 is 11.3. The van der Waals surface area contributed by atoms with Gasteiger partial charge in [-0.15, -0.1) is 0 Å². The van der Waals surface area contributed by atoms with Crippen LogP contribution in [0.15, 0.2) is 12.1 Å². The lowest BCUT2D eigenvalue weighted by Gasteiger charge is -2.26. The van der Waals surface area contributed by atoms with Gasteiger partial charge in [0.05, 0.1) is 4.92 Å². The van der Waals surface area contributed by atoms with E-state index in [1.807, 2.05) is 0 Å². The molecule has 1 N–H and O–H groups in total. The fourth-order valence-corrected chi connectivity index (χ4v) is 2.84. The first-order chi connectivity index (χ1) is 8.99. The Hall–Kier alpha value is -2.03. The Morgan fingerprint density at radius 1 is 1.42 bits per heavy atom. The fourth-order valence-electron chi connectivity index (χ4n) is 1.79. The van der Waals surface area contributed by atoms with Gasteiger partial charge in [-0.25, -0.2) is 9.78 Å². The number of pyridine rings is 1. The summed E-state index contributed by atoms with van der Waals surface area (Å²) in [5.41, 5.74) is -0.482. The molecule has 1 aliphatic rings. The first-order valence-corrected chi connectivity index (χ1v) is 6.96. The summed E-state index contributed by atoms with van der Waals surface area (Å²) in [5.74, 6) is -0.412. The zero-order valence-corrected chi connectivity index (χ0v) is 10.6. The Morgan fingerprint density at radius 3 is 2.58 bits per heavy atom. The van der Waals surface area contributed by atoms with Crippen LogP contribution in [0.2, 0.25) is 0 Å². The maximum atomic E-state index is 11.3. The van der Waals surface area contributed by atoms with Gasteiger partial charge in [0.2, 0.25) is 5.82 Å². The van der Waals surface area contributed by atoms with Crippen LogP contribution in [0, 0.1) is 10.1 Å². The molecule has 19 heavy (non-hydrogen) atoms. The van der Waals surface area contributed by atoms with Gasteiger partial charge in [0.25, 0.3) is 0 Å². The summed E-state index contributed by atoms with van der Waals surface area (Å²) in [4.78, 5) is 26.6. The largest absolute Gasteiger partial charge is 0.477 e. The molecule has 0 bridgehead atoms. The van der Waals surface area contributed by atoms with Gasteiger partial charge in [-0.1, -0.05) is 0 Å². The minimum atomic E-state index is -1.24. The molecule has 0 spiro atoms. The Balaban J connectivity index is 2.40. The van der Waals surface area contributed by atoms with Gasteiger partial charge < -0.3 is 10.0 Å². The highest BCUT2D eigenvalue weighted by atomic mass is 32.2. The number of carboxylic acids is 1. The molecule has 1 aliphatic heterocycles. The first kappa shape index (κ1) is 13.4. The van der Waals surface area contributed by atoms with Crippen molar-refractivity contribution in [1.29, 1.82) is 0 Å². The van der Waals surface area contributed by atoms with Crippen molar-refractivity contribution in [2.24, 2.45) is 0 Å². The highest BCUT2D eigenvalue weighted by Crippen LogP contribution is 2.27. The molecule has 0 amide bonds. The number of hydrogen-bond donors (Lipinski definition) is 1. The van der Waals surface area contributed by atoms with Crippen LogP contribution in [0.5, 0.6) is 0 Å². The number of hydrogen-bond acceptors (Lipinski definition) is 6. The molecular formula is C10H11N3O5S. The third-order valence-corrected chi connectivity index (χ3v) is 4.02. The molecule has 8 nitrogen and oxygen atoms in total. The molecule has 9 heteroatoms. The minimum Gasteiger partial charge on any atom is -0.477 e. The first-order valence-electron chi connectivity index (χ1n) is 5.47. The molecule has 0 radical (unpaired) electrons. The third kappa shape index (κ3) is 2.87. The third-order valence-electron chi connectivity index (χ3n) is 2.75. The van der Waals surface area contributed by atoms with Gasteiger partial charge in [-0.3, -0.25) is 14.3 Å². The molecular weight excluding hydrogens is 274 g/mol. The minimum absolute atomic E-state index is 0.0293. The number of rotatable bonds is 3. The summed E-state index contributed by atoms with van der Waals surface area (Å²) in [6.07, 6.45) is 0. The lowest BCUT2D eigenvalue weighted by Crippen LogP contribution is -2.38. The van der Waals surface area contributed by atoms with E-state index in [0.29, 0.717) is 24.6 Å². The molecule has 1 fully saturated rings. The predicted octanol–water partition coefficient (Wildman–Crippen LogP) is 0.257. The van der Waals surface area contributed by atoms with E-state index in [-0.39, 0.29) is 17.2 Å². The number of aromatic nitrogens is 1. The van der Waals surface area contributed by atoms with E-state index in [1.165, 1.54) is 0 Å². The topological polar surface area (TPSA) is 114 Å². The molecule has 0 aliphatic carbocycles. The maximum absolute atomic E-state index is 11.3. The Bertz CT molecular complexity index is 552. The van der Waals surface area contributed by atoms with Crippen LogP contribution < -0.4 is 4.90 Å². The van der Waals surface area contributed by atoms with Crippen LogP contribution in [-0.2, 0) is 10.8 Å². The number of carbonyl (C=O) groups is 1. The van der Waals surface area contributed by atoms with E-state index in [0.717, 1.165) is 12.1 Å². The number of anilines is 1. The Labute approximate surface area is 110 Å². The molecule has 1 aromatic rings. The molecule has 2 heterocycles. The Kier molecular flexibility index (Phi) is 3.74. The molecule has 1 saturated heterocycles. The van der Waals surface area contributed by atoms with Gasteiger partial charge in [-0.2, -0.15) is 0 Å². The van der Waals surface area contributed by atoms with Gasteiger partial charge in [0.1, 0.15) is 0 Å². The van der Waals surface area contributed by atoms with Gasteiger partial charge in [0, 0.05) is 41.5 Å². The average molecular weight is 285 g/mol. The standard InChI is InChI=1S/C10H11N3O5S/c14-10(15)7-1-2-8(13(16)17)9(11-7)12-3-5-19(18)6-4-12/h1-2H,3-6H2,(H,14,15). The normalized spacial score (nSPS) is 16.3. The summed E-state index contributed by atoms with van der Waals surface area (Å²) in [6.45, 7) is 0.729. The lowest BCUT2D eigenvalue weighted by atomic mass is 10.3. The van der Waals surface area contributed by atoms with E-state index < -0.39 is 21.7 Å². The van der Waals surface area contributed by atoms with Crippen LogP contribution >= 0.6 is 0 Å². The molecule has 102 valence electrons. The maximum Gasteiger partial charge on any atom is 0.354 e. The van der Waals surface area contributed by atoms with Crippen LogP contribution in [0.4, 0.5) is 11.5 Å². The molecule has 0 saturated carbocycles.